The van der Waals surface area contributed by atoms with E-state index in [0.29, 0.717) is 5.57 Å². The highest BCUT2D eigenvalue weighted by Crippen LogP contribution is 2.17. The van der Waals surface area contributed by atoms with Crippen molar-refractivity contribution in [1.29, 1.82) is 5.26 Å². The van der Waals surface area contributed by atoms with Crippen LogP contribution in [-0.2, 0) is 4.79 Å². The van der Waals surface area contributed by atoms with Crippen molar-refractivity contribution < 1.29 is 4.79 Å². The summed E-state index contributed by atoms with van der Waals surface area (Å²) in [6, 6.07) is 1.99. The number of hydrogen-bond donors (Lipinski definition) is 2. The van der Waals surface area contributed by atoms with Crippen molar-refractivity contribution in [2.75, 3.05) is 6.54 Å². The number of allylic oxidation sites excluding steroid dienone is 7. The molecule has 0 aromatic carbocycles. The van der Waals surface area contributed by atoms with Crippen LogP contribution in [0, 0.1) is 11.3 Å². The maximum atomic E-state index is 12.3. The second kappa shape index (κ2) is 8.00. The maximum Gasteiger partial charge on any atom is 0.206 e. The summed E-state index contributed by atoms with van der Waals surface area (Å²) in [7, 11) is 0. The lowest BCUT2D eigenvalue weighted by atomic mass is 10.0. The van der Waals surface area contributed by atoms with Crippen LogP contribution >= 0.6 is 0 Å². The monoisotopic (exact) mass is 271 g/mol. The summed E-state index contributed by atoms with van der Waals surface area (Å²) in [5.41, 5.74) is 7.95. The lowest BCUT2D eigenvalue weighted by Gasteiger charge is -2.04. The van der Waals surface area contributed by atoms with Gasteiger partial charge < -0.3 is 11.1 Å². The number of nitriles is 1. The topological polar surface area (TPSA) is 78.9 Å². The van der Waals surface area contributed by atoms with E-state index in [9.17, 15) is 10.1 Å². The van der Waals surface area contributed by atoms with Gasteiger partial charge >= 0.3 is 0 Å². The van der Waals surface area contributed by atoms with Crippen molar-refractivity contribution >= 4 is 5.78 Å². The predicted molar refractivity (Wildman–Crippen MR) is 80.3 cm³/mol. The number of nitrogens with two attached hydrogens (primary N) is 1. The molecule has 1 aliphatic heterocycles. The molecule has 0 aromatic heterocycles. The molecule has 4 nitrogen and oxygen atoms in total. The first-order valence-electron chi connectivity index (χ1n) is 6.81. The van der Waals surface area contributed by atoms with Gasteiger partial charge in [0.05, 0.1) is 0 Å². The van der Waals surface area contributed by atoms with Crippen LogP contribution in [-0.4, -0.2) is 12.3 Å². The Morgan fingerprint density at radius 3 is 2.80 bits per heavy atom. The van der Waals surface area contributed by atoms with Crippen LogP contribution in [0.4, 0.5) is 0 Å². The molecule has 0 unspecified atom stereocenters. The van der Waals surface area contributed by atoms with Crippen LogP contribution < -0.4 is 11.1 Å². The number of rotatable bonds is 5. The second-order valence-corrected chi connectivity index (χ2v) is 4.67. The van der Waals surface area contributed by atoms with E-state index in [1.54, 1.807) is 12.2 Å². The number of Topliss-reactive ketones (excluding diaryl/α,β-unsaturated/α-hetero) is 1. The van der Waals surface area contributed by atoms with Crippen molar-refractivity contribution in [3.05, 3.63) is 46.8 Å². The fourth-order valence-corrected chi connectivity index (χ4v) is 1.85. The normalized spacial score (nSPS) is 18.9. The Labute approximate surface area is 120 Å². The van der Waals surface area contributed by atoms with Gasteiger partial charge in [-0.1, -0.05) is 24.6 Å². The first-order valence-corrected chi connectivity index (χ1v) is 6.81. The molecule has 0 bridgehead atoms. The fraction of sp³-hybridized carbons (Fsp3) is 0.375. The van der Waals surface area contributed by atoms with Crippen LogP contribution in [0.2, 0.25) is 0 Å². The van der Waals surface area contributed by atoms with E-state index < -0.39 is 0 Å². The molecule has 0 spiro atoms. The second-order valence-electron chi connectivity index (χ2n) is 4.67. The minimum atomic E-state index is -0.321. The SMILES string of the molecule is CC/C(C)=C/C=C\C(=C/N)C(=O)/C(C#N)=C1/CCCN1. The Balaban J connectivity index is 2.93. The summed E-state index contributed by atoms with van der Waals surface area (Å²) >= 11 is 0. The van der Waals surface area contributed by atoms with E-state index in [1.807, 2.05) is 19.1 Å². The third-order valence-electron chi connectivity index (χ3n) is 3.24. The van der Waals surface area contributed by atoms with Crippen LogP contribution in [0.1, 0.15) is 33.1 Å². The van der Waals surface area contributed by atoms with E-state index >= 15 is 0 Å². The van der Waals surface area contributed by atoms with E-state index in [2.05, 4.69) is 12.2 Å². The molecular formula is C16H21N3O. The Bertz CT molecular complexity index is 522. The van der Waals surface area contributed by atoms with E-state index in [1.165, 1.54) is 11.8 Å². The molecule has 4 heteroatoms. The lowest BCUT2D eigenvalue weighted by Crippen LogP contribution is -2.13. The molecule has 1 fully saturated rings. The summed E-state index contributed by atoms with van der Waals surface area (Å²) < 4.78 is 0. The molecular weight excluding hydrogens is 250 g/mol. The number of ketones is 1. The quantitative estimate of drug-likeness (QED) is 0.457. The number of nitrogens with zero attached hydrogens (tertiary/aromatic N) is 1. The van der Waals surface area contributed by atoms with Gasteiger partial charge in [0.1, 0.15) is 11.6 Å². The summed E-state index contributed by atoms with van der Waals surface area (Å²) in [5, 5.41) is 12.3. The van der Waals surface area contributed by atoms with Gasteiger partial charge in [0.2, 0.25) is 5.78 Å². The zero-order valence-corrected chi connectivity index (χ0v) is 12.1. The van der Waals surface area contributed by atoms with Crippen LogP contribution in [0.3, 0.4) is 0 Å². The molecule has 1 saturated heterocycles. The van der Waals surface area contributed by atoms with Gasteiger partial charge in [-0.25, -0.2) is 0 Å². The smallest absolute Gasteiger partial charge is 0.206 e. The van der Waals surface area contributed by atoms with E-state index in [4.69, 9.17) is 5.73 Å². The standard InChI is InChI=1S/C16H21N3O/c1-3-12(2)6-4-7-13(10-17)16(20)14(11-18)15-8-5-9-19-15/h4,6-7,10,19H,3,5,8-9,17H2,1-2H3/b7-4-,12-6+,13-10+,15-14-. The van der Waals surface area contributed by atoms with Gasteiger partial charge in [-0.2, -0.15) is 5.26 Å². The van der Waals surface area contributed by atoms with Gasteiger partial charge in [0.25, 0.3) is 0 Å². The summed E-state index contributed by atoms with van der Waals surface area (Å²) in [5.74, 6) is -0.321. The van der Waals surface area contributed by atoms with Crippen LogP contribution in [0.15, 0.2) is 46.8 Å². The molecule has 0 aromatic rings. The average Bonchev–Trinajstić information content (AvgIpc) is 2.98. The third-order valence-corrected chi connectivity index (χ3v) is 3.24. The maximum absolute atomic E-state index is 12.3. The van der Waals surface area contributed by atoms with Gasteiger partial charge in [0.15, 0.2) is 0 Å². The minimum Gasteiger partial charge on any atom is -0.404 e. The van der Waals surface area contributed by atoms with Gasteiger partial charge in [-0.15, -0.1) is 0 Å². The Hall–Kier alpha value is -2.28. The Kier molecular flexibility index (Phi) is 6.31. The van der Waals surface area contributed by atoms with Crippen molar-refractivity contribution in [2.24, 2.45) is 5.73 Å². The first-order chi connectivity index (χ1) is 9.63. The average molecular weight is 271 g/mol. The number of nitrogens with one attached hydrogen (secondary N) is 1. The van der Waals surface area contributed by atoms with Gasteiger partial charge in [-0.05, 0) is 32.3 Å². The number of carbonyl (C=O) groups excluding carboxylic acids is 1. The highest BCUT2D eigenvalue weighted by atomic mass is 16.1. The Morgan fingerprint density at radius 2 is 2.30 bits per heavy atom. The molecule has 1 heterocycles. The minimum absolute atomic E-state index is 0.167. The first kappa shape index (κ1) is 15.8. The zero-order valence-electron chi connectivity index (χ0n) is 12.1. The van der Waals surface area contributed by atoms with E-state index in [0.717, 1.165) is 31.5 Å². The van der Waals surface area contributed by atoms with E-state index in [-0.39, 0.29) is 11.4 Å². The summed E-state index contributed by atoms with van der Waals surface area (Å²) in [6.07, 6.45) is 9.27. The predicted octanol–water partition coefficient (Wildman–Crippen LogP) is 2.47. The van der Waals surface area contributed by atoms with Crippen molar-refractivity contribution in [1.82, 2.24) is 5.32 Å². The number of hydrogen-bond acceptors (Lipinski definition) is 4. The van der Waals surface area contributed by atoms with Crippen molar-refractivity contribution in [3.8, 4) is 6.07 Å². The van der Waals surface area contributed by atoms with Crippen LogP contribution in [0.5, 0.6) is 0 Å². The number of carbonyl (C=O) groups is 1. The molecule has 0 atom stereocenters. The molecule has 0 aliphatic carbocycles. The van der Waals surface area contributed by atoms with Crippen molar-refractivity contribution in [2.45, 2.75) is 33.1 Å². The fourth-order valence-electron chi connectivity index (χ4n) is 1.85. The van der Waals surface area contributed by atoms with Gasteiger partial charge in [0, 0.05) is 24.0 Å². The summed E-state index contributed by atoms with van der Waals surface area (Å²) in [6.45, 7) is 4.89. The molecule has 1 aliphatic rings. The van der Waals surface area contributed by atoms with Gasteiger partial charge in [-0.3, -0.25) is 4.79 Å². The molecule has 0 radical (unpaired) electrons. The summed E-state index contributed by atoms with van der Waals surface area (Å²) in [4.78, 5) is 12.3. The largest absolute Gasteiger partial charge is 0.404 e. The highest BCUT2D eigenvalue weighted by molar-refractivity contribution is 6.13. The van der Waals surface area contributed by atoms with Crippen LogP contribution in [0.25, 0.3) is 0 Å². The third kappa shape index (κ3) is 4.13. The lowest BCUT2D eigenvalue weighted by molar-refractivity contribution is -0.111. The molecule has 20 heavy (non-hydrogen) atoms. The Morgan fingerprint density at radius 1 is 1.55 bits per heavy atom. The molecule has 106 valence electrons. The highest BCUT2D eigenvalue weighted by Gasteiger charge is 2.19. The molecule has 0 saturated carbocycles. The molecule has 0 amide bonds. The molecule has 3 N–H and O–H groups in total. The molecule has 1 rings (SSSR count). The zero-order chi connectivity index (χ0) is 15.0. The van der Waals surface area contributed by atoms with Crippen molar-refractivity contribution in [3.63, 3.8) is 0 Å².